The van der Waals surface area contributed by atoms with Crippen molar-refractivity contribution in [2.24, 2.45) is 0 Å². The number of methoxy groups -OCH3 is 1. The van der Waals surface area contributed by atoms with Crippen LogP contribution in [0.2, 0.25) is 0 Å². The molecule has 2 aromatic rings. The number of halogens is 1. The summed E-state index contributed by atoms with van der Waals surface area (Å²) in [5.74, 6) is -0.0679. The number of ether oxygens (including phenoxy) is 1. The molecule has 3 N–H and O–H groups in total. The van der Waals surface area contributed by atoms with Gasteiger partial charge in [0.15, 0.2) is 5.13 Å². The van der Waals surface area contributed by atoms with Gasteiger partial charge in [0.05, 0.1) is 30.5 Å². The number of aromatic amines is 1. The van der Waals surface area contributed by atoms with Crippen molar-refractivity contribution in [3.05, 3.63) is 33.6 Å². The van der Waals surface area contributed by atoms with Gasteiger partial charge in [0.2, 0.25) is 11.8 Å². The summed E-state index contributed by atoms with van der Waals surface area (Å²) in [6.07, 6.45) is 2.52. The molecule has 2 atom stereocenters. The summed E-state index contributed by atoms with van der Waals surface area (Å²) in [6, 6.07) is 1.58. The summed E-state index contributed by atoms with van der Waals surface area (Å²) in [5, 5.41) is 12.9. The molecule has 0 amide bonds. The standard InChI is InChI=1S/C10H16FN3OS.C5H6N2O2.C2H4O/c1-6-3-7(15)4-14(6)5-8-9(11)13-10(12-2)16-8;1-9-5-2-4(8)6-3-7-5;1-2-3/h6-7,15H,3-5H2,1-2H3,(H,12,13);2-3H,1H3,(H,6,7,8);2H,1H3. The molecule has 2 aromatic heterocycles. The molecule has 1 fully saturated rings. The number of hydrogen-bond acceptors (Lipinski definition) is 9. The zero-order valence-corrected chi connectivity index (χ0v) is 17.1. The van der Waals surface area contributed by atoms with Crippen LogP contribution in [0, 0.1) is 5.95 Å². The molecule has 2 unspecified atom stereocenters. The summed E-state index contributed by atoms with van der Waals surface area (Å²) < 4.78 is 18.1. The smallest absolute Gasteiger partial charge is 0.254 e. The number of β-amino-alcohol motifs (C(OH)–C–C–N with tert-alkyl or cyclic N) is 1. The Balaban J connectivity index is 0.000000276. The Hall–Kier alpha value is -2.37. The highest BCUT2D eigenvalue weighted by molar-refractivity contribution is 7.15. The molecule has 1 aliphatic rings. The average Bonchev–Trinajstić information content (AvgIpc) is 3.17. The zero-order chi connectivity index (χ0) is 21.1. The molecule has 11 heteroatoms. The number of nitrogens with one attached hydrogen (secondary N) is 2. The number of carbonyl (C=O) groups is 1. The average molecular weight is 415 g/mol. The number of H-pyrrole nitrogens is 1. The minimum absolute atomic E-state index is 0.207. The Morgan fingerprint density at radius 1 is 1.57 bits per heavy atom. The van der Waals surface area contributed by atoms with Gasteiger partial charge in [-0.1, -0.05) is 11.3 Å². The molecule has 9 nitrogen and oxygen atoms in total. The maximum Gasteiger partial charge on any atom is 0.254 e. The van der Waals surface area contributed by atoms with Crippen molar-refractivity contribution in [2.75, 3.05) is 26.0 Å². The van der Waals surface area contributed by atoms with Crippen molar-refractivity contribution in [1.82, 2.24) is 19.9 Å². The van der Waals surface area contributed by atoms with Gasteiger partial charge in [0.25, 0.3) is 5.56 Å². The van der Waals surface area contributed by atoms with Crippen LogP contribution in [0.25, 0.3) is 0 Å². The van der Waals surface area contributed by atoms with Gasteiger partial charge in [-0.15, -0.1) is 0 Å². The number of carbonyl (C=O) groups excluding carboxylic acids is 1. The van der Waals surface area contributed by atoms with Gasteiger partial charge < -0.3 is 24.9 Å². The summed E-state index contributed by atoms with van der Waals surface area (Å²) >= 11 is 1.33. The van der Waals surface area contributed by atoms with E-state index in [1.807, 2.05) is 6.92 Å². The Morgan fingerprint density at radius 2 is 2.25 bits per heavy atom. The minimum atomic E-state index is -0.400. The predicted octanol–water partition coefficient (Wildman–Crippen LogP) is 1.26. The van der Waals surface area contributed by atoms with Gasteiger partial charge in [0.1, 0.15) is 6.29 Å². The van der Waals surface area contributed by atoms with Crippen molar-refractivity contribution in [2.45, 2.75) is 39.0 Å². The van der Waals surface area contributed by atoms with Gasteiger partial charge in [-0.25, -0.2) is 4.98 Å². The molecule has 0 bridgehead atoms. The van der Waals surface area contributed by atoms with Crippen LogP contribution in [0.3, 0.4) is 0 Å². The van der Waals surface area contributed by atoms with Gasteiger partial charge >= 0.3 is 0 Å². The Labute approximate surface area is 166 Å². The number of nitrogens with zero attached hydrogens (tertiary/aromatic N) is 3. The van der Waals surface area contributed by atoms with E-state index in [4.69, 9.17) is 4.79 Å². The Morgan fingerprint density at radius 3 is 2.68 bits per heavy atom. The van der Waals surface area contributed by atoms with Crippen molar-refractivity contribution in [3.63, 3.8) is 0 Å². The van der Waals surface area contributed by atoms with Crippen LogP contribution in [0.5, 0.6) is 5.88 Å². The van der Waals surface area contributed by atoms with E-state index in [0.717, 1.165) is 12.7 Å². The number of likely N-dealkylation sites (tertiary alicyclic amines) is 1. The van der Waals surface area contributed by atoms with Crippen LogP contribution in [-0.4, -0.2) is 64.1 Å². The monoisotopic (exact) mass is 415 g/mol. The third kappa shape index (κ3) is 7.71. The van der Waals surface area contributed by atoms with Crippen molar-refractivity contribution in [1.29, 1.82) is 0 Å². The summed E-state index contributed by atoms with van der Waals surface area (Å²) in [6.45, 7) is 4.64. The fourth-order valence-electron chi connectivity index (χ4n) is 2.47. The van der Waals surface area contributed by atoms with Crippen molar-refractivity contribution >= 4 is 22.8 Å². The second-order valence-electron chi connectivity index (χ2n) is 5.84. The third-order valence-electron chi connectivity index (χ3n) is 3.75. The lowest BCUT2D eigenvalue weighted by Crippen LogP contribution is -2.27. The molecule has 0 spiro atoms. The van der Waals surface area contributed by atoms with Gasteiger partial charge in [-0.2, -0.15) is 9.37 Å². The highest BCUT2D eigenvalue weighted by Gasteiger charge is 2.28. The van der Waals surface area contributed by atoms with Gasteiger partial charge in [-0.3, -0.25) is 9.69 Å². The lowest BCUT2D eigenvalue weighted by molar-refractivity contribution is -0.106. The summed E-state index contributed by atoms with van der Waals surface area (Å²) in [7, 11) is 3.19. The molecule has 0 aromatic carbocycles. The number of aromatic nitrogens is 3. The number of hydrogen-bond donors (Lipinski definition) is 3. The fourth-order valence-corrected chi connectivity index (χ4v) is 3.29. The number of aliphatic hydroxyl groups excluding tert-OH is 1. The molecule has 156 valence electrons. The van der Waals surface area contributed by atoms with Crippen LogP contribution in [-0.2, 0) is 11.3 Å². The first-order chi connectivity index (χ1) is 13.3. The highest BCUT2D eigenvalue weighted by atomic mass is 32.1. The molecule has 28 heavy (non-hydrogen) atoms. The van der Waals surface area contributed by atoms with Gasteiger partial charge in [0, 0.05) is 26.2 Å². The molecule has 1 aliphatic heterocycles. The van der Waals surface area contributed by atoms with Crippen LogP contribution >= 0.6 is 11.3 Å². The molecule has 3 heterocycles. The second-order valence-corrected chi connectivity index (χ2v) is 6.92. The predicted molar refractivity (Wildman–Crippen MR) is 105 cm³/mol. The van der Waals surface area contributed by atoms with E-state index in [1.54, 1.807) is 7.05 Å². The van der Waals surface area contributed by atoms with Crippen molar-refractivity contribution in [3.8, 4) is 5.88 Å². The maximum absolute atomic E-state index is 13.4. The van der Waals surface area contributed by atoms with Gasteiger partial charge in [-0.05, 0) is 20.3 Å². The van der Waals surface area contributed by atoms with Crippen molar-refractivity contribution < 1.29 is 19.0 Å². The molecule has 0 aliphatic carbocycles. The number of rotatable bonds is 4. The number of thiazole rings is 1. The van der Waals surface area contributed by atoms with E-state index in [9.17, 15) is 14.3 Å². The number of aldehydes is 1. The molecule has 0 saturated carbocycles. The number of aliphatic hydroxyl groups is 1. The van der Waals surface area contributed by atoms with Crippen LogP contribution < -0.4 is 15.6 Å². The first kappa shape index (κ1) is 23.7. The Bertz CT molecular complexity index is 785. The van der Waals surface area contributed by atoms with E-state index >= 15 is 0 Å². The van der Waals surface area contributed by atoms with Crippen LogP contribution in [0.15, 0.2) is 17.2 Å². The quantitative estimate of drug-likeness (QED) is 0.639. The molecule has 0 radical (unpaired) electrons. The van der Waals surface area contributed by atoms with E-state index in [-0.39, 0.29) is 11.7 Å². The topological polar surface area (TPSA) is 120 Å². The third-order valence-corrected chi connectivity index (χ3v) is 4.79. The van der Waals surface area contributed by atoms with E-state index in [2.05, 4.69) is 29.9 Å². The first-order valence-corrected chi connectivity index (χ1v) is 9.39. The highest BCUT2D eigenvalue weighted by Crippen LogP contribution is 2.26. The lowest BCUT2D eigenvalue weighted by atomic mass is 10.2. The maximum atomic E-state index is 13.4. The van der Waals surface area contributed by atoms with E-state index in [1.165, 1.54) is 37.8 Å². The summed E-state index contributed by atoms with van der Waals surface area (Å²) in [5.41, 5.74) is -0.207. The van der Waals surface area contributed by atoms with E-state index in [0.29, 0.717) is 35.0 Å². The molecular formula is C17H26FN5O4S. The Kier molecular flexibility index (Phi) is 10.3. The molecule has 1 saturated heterocycles. The normalized spacial score (nSPS) is 18.4. The fraction of sp³-hybridized carbons (Fsp3) is 0.529. The van der Waals surface area contributed by atoms with Crippen LogP contribution in [0.1, 0.15) is 25.1 Å². The molecular weight excluding hydrogens is 389 g/mol. The minimum Gasteiger partial charge on any atom is -0.481 e. The largest absolute Gasteiger partial charge is 0.481 e. The number of anilines is 1. The SMILES string of the molecule is CC=O.CNc1nc(F)c(CN2CC(O)CC2C)s1.COc1cc(=O)[nH]cn1. The first-order valence-electron chi connectivity index (χ1n) is 8.58. The summed E-state index contributed by atoms with van der Waals surface area (Å²) in [4.78, 5) is 31.8. The second kappa shape index (κ2) is 12.2. The zero-order valence-electron chi connectivity index (χ0n) is 16.3. The van der Waals surface area contributed by atoms with E-state index < -0.39 is 5.95 Å². The molecule has 3 rings (SSSR count). The van der Waals surface area contributed by atoms with Crippen LogP contribution in [0.4, 0.5) is 9.52 Å². The lowest BCUT2D eigenvalue weighted by Gasteiger charge is -2.19.